The molecule has 2 aromatic rings. The first-order chi connectivity index (χ1) is 11.6. The molecule has 1 aliphatic rings. The van der Waals surface area contributed by atoms with Crippen molar-refractivity contribution in [3.8, 4) is 0 Å². The van der Waals surface area contributed by atoms with Crippen molar-refractivity contribution in [1.82, 2.24) is 9.55 Å². The topological polar surface area (TPSA) is 105 Å². The van der Waals surface area contributed by atoms with Crippen LogP contribution in [0.1, 0.15) is 23.8 Å². The van der Waals surface area contributed by atoms with E-state index in [4.69, 9.17) is 9.84 Å². The van der Waals surface area contributed by atoms with E-state index in [2.05, 4.69) is 4.98 Å². The molecule has 0 bridgehead atoms. The number of hydrogen-bond donors (Lipinski definition) is 3. The first-order valence-corrected chi connectivity index (χ1v) is 7.61. The molecule has 3 unspecified atom stereocenters. The normalized spacial score (nSPS) is 23.8. The number of nitrogens with zero attached hydrogens (tertiary/aromatic N) is 1. The van der Waals surface area contributed by atoms with E-state index in [-0.39, 0.29) is 13.0 Å². The fraction of sp³-hybridized carbons (Fsp3) is 0.294. The smallest absolute Gasteiger partial charge is 0.330 e. The number of aliphatic hydroxyl groups is 2. The average molecular weight is 330 g/mol. The lowest BCUT2D eigenvalue weighted by atomic mass is 10.2. The molecule has 3 N–H and O–H groups in total. The molecular weight excluding hydrogens is 312 g/mol. The summed E-state index contributed by atoms with van der Waals surface area (Å²) in [5.41, 5.74) is 0.0971. The van der Waals surface area contributed by atoms with Crippen LogP contribution in [0.25, 0.3) is 12.2 Å². The number of hydrogen-bond acceptors (Lipinski definition) is 5. The number of benzene rings is 1. The van der Waals surface area contributed by atoms with Gasteiger partial charge in [0.2, 0.25) is 0 Å². The molecule has 7 heteroatoms. The number of nitrogens with one attached hydrogen (secondary N) is 1. The Morgan fingerprint density at radius 1 is 1.25 bits per heavy atom. The van der Waals surface area contributed by atoms with Crippen LogP contribution in [-0.2, 0) is 4.74 Å². The molecule has 0 radical (unpaired) electrons. The van der Waals surface area contributed by atoms with Gasteiger partial charge in [0, 0.05) is 12.6 Å². The summed E-state index contributed by atoms with van der Waals surface area (Å²) in [6.07, 6.45) is 2.61. The number of aliphatic hydroxyl groups excluding tert-OH is 2. The van der Waals surface area contributed by atoms with Crippen LogP contribution in [-0.4, -0.2) is 38.6 Å². The number of aromatic nitrogens is 2. The first-order valence-electron chi connectivity index (χ1n) is 7.61. The molecule has 0 saturated carbocycles. The van der Waals surface area contributed by atoms with Crippen molar-refractivity contribution in [3.05, 3.63) is 68.5 Å². The van der Waals surface area contributed by atoms with Gasteiger partial charge in [0.1, 0.15) is 12.3 Å². The van der Waals surface area contributed by atoms with Gasteiger partial charge >= 0.3 is 5.69 Å². The highest BCUT2D eigenvalue weighted by Crippen LogP contribution is 2.27. The molecule has 126 valence electrons. The Balaban J connectivity index is 1.91. The highest BCUT2D eigenvalue weighted by atomic mass is 16.5. The van der Waals surface area contributed by atoms with Gasteiger partial charge in [0.25, 0.3) is 5.56 Å². The summed E-state index contributed by atoms with van der Waals surface area (Å²) in [5, 5.41) is 18.9. The lowest BCUT2D eigenvalue weighted by Gasteiger charge is -2.14. The van der Waals surface area contributed by atoms with E-state index in [9.17, 15) is 14.7 Å². The van der Waals surface area contributed by atoms with Crippen LogP contribution in [0.4, 0.5) is 0 Å². The molecule has 1 aromatic heterocycles. The van der Waals surface area contributed by atoms with Gasteiger partial charge in [-0.25, -0.2) is 4.79 Å². The van der Waals surface area contributed by atoms with Crippen molar-refractivity contribution >= 4 is 12.2 Å². The molecule has 0 spiro atoms. The van der Waals surface area contributed by atoms with Crippen LogP contribution in [0.15, 0.2) is 46.1 Å². The summed E-state index contributed by atoms with van der Waals surface area (Å²) in [6, 6.07) is 9.44. The SMILES string of the molecule is O=c1[nH]c(=O)n(C2CC(O)C(CO)O2)cc1C=Cc1ccccc1. The Hall–Kier alpha value is -2.48. The second-order valence-electron chi connectivity index (χ2n) is 5.61. The van der Waals surface area contributed by atoms with Crippen LogP contribution < -0.4 is 11.2 Å². The predicted octanol–water partition coefficient (Wildman–Crippen LogP) is 0.348. The molecule has 1 fully saturated rings. The van der Waals surface area contributed by atoms with E-state index in [1.807, 2.05) is 30.3 Å². The summed E-state index contributed by atoms with van der Waals surface area (Å²) in [6.45, 7) is -0.337. The Morgan fingerprint density at radius 2 is 2.00 bits per heavy atom. The first kappa shape index (κ1) is 16.4. The zero-order chi connectivity index (χ0) is 17.1. The fourth-order valence-electron chi connectivity index (χ4n) is 2.63. The highest BCUT2D eigenvalue weighted by Gasteiger charge is 2.35. The second-order valence-corrected chi connectivity index (χ2v) is 5.61. The van der Waals surface area contributed by atoms with Crippen molar-refractivity contribution in [2.75, 3.05) is 6.61 Å². The number of rotatable bonds is 4. The van der Waals surface area contributed by atoms with Gasteiger partial charge in [-0.15, -0.1) is 0 Å². The molecule has 3 rings (SSSR count). The van der Waals surface area contributed by atoms with Crippen LogP contribution in [0.3, 0.4) is 0 Å². The summed E-state index contributed by atoms with van der Waals surface area (Å²) < 4.78 is 6.69. The lowest BCUT2D eigenvalue weighted by Crippen LogP contribution is -2.33. The van der Waals surface area contributed by atoms with E-state index in [1.54, 1.807) is 12.2 Å². The van der Waals surface area contributed by atoms with Crippen LogP contribution >= 0.6 is 0 Å². The standard InChI is InChI=1S/C17H18N2O5/c20-10-14-13(21)8-15(24-14)19-9-12(16(22)18-17(19)23)7-6-11-4-2-1-3-5-11/h1-7,9,13-15,20-21H,8,10H2,(H,18,22,23). The fourth-order valence-corrected chi connectivity index (χ4v) is 2.63. The maximum absolute atomic E-state index is 12.0. The van der Waals surface area contributed by atoms with Gasteiger partial charge < -0.3 is 14.9 Å². The third kappa shape index (κ3) is 3.38. The Morgan fingerprint density at radius 3 is 2.67 bits per heavy atom. The minimum absolute atomic E-state index is 0.166. The van der Waals surface area contributed by atoms with Crippen LogP contribution in [0.5, 0.6) is 0 Å². The molecule has 7 nitrogen and oxygen atoms in total. The molecule has 1 aromatic carbocycles. The average Bonchev–Trinajstić information content (AvgIpc) is 2.95. The van der Waals surface area contributed by atoms with Gasteiger partial charge in [-0.1, -0.05) is 36.4 Å². The van der Waals surface area contributed by atoms with Crippen molar-refractivity contribution in [3.63, 3.8) is 0 Å². The van der Waals surface area contributed by atoms with E-state index in [1.165, 1.54) is 10.8 Å². The van der Waals surface area contributed by atoms with Crippen molar-refractivity contribution < 1.29 is 14.9 Å². The minimum Gasteiger partial charge on any atom is -0.394 e. The number of aromatic amines is 1. The third-order valence-electron chi connectivity index (χ3n) is 3.94. The number of ether oxygens (including phenoxy) is 1. The van der Waals surface area contributed by atoms with Crippen LogP contribution in [0, 0.1) is 0 Å². The summed E-state index contributed by atoms with van der Waals surface area (Å²) in [4.78, 5) is 26.2. The Kier molecular flexibility index (Phi) is 4.75. The molecule has 0 aliphatic carbocycles. The molecule has 1 saturated heterocycles. The zero-order valence-electron chi connectivity index (χ0n) is 12.8. The second kappa shape index (κ2) is 6.96. The summed E-state index contributed by atoms with van der Waals surface area (Å²) >= 11 is 0. The van der Waals surface area contributed by atoms with Crippen molar-refractivity contribution in [2.24, 2.45) is 0 Å². The quantitative estimate of drug-likeness (QED) is 0.750. The Labute approximate surface area is 137 Å². The molecule has 0 amide bonds. The van der Waals surface area contributed by atoms with Gasteiger partial charge in [0.05, 0.1) is 18.3 Å². The molecule has 2 heterocycles. The molecular formula is C17H18N2O5. The summed E-state index contributed by atoms with van der Waals surface area (Å²) in [5.74, 6) is 0. The van der Waals surface area contributed by atoms with Crippen molar-refractivity contribution in [1.29, 1.82) is 0 Å². The maximum Gasteiger partial charge on any atom is 0.330 e. The largest absolute Gasteiger partial charge is 0.394 e. The highest BCUT2D eigenvalue weighted by molar-refractivity contribution is 5.68. The monoisotopic (exact) mass is 330 g/mol. The molecule has 3 atom stereocenters. The minimum atomic E-state index is -0.859. The zero-order valence-corrected chi connectivity index (χ0v) is 12.8. The van der Waals surface area contributed by atoms with Gasteiger partial charge in [0.15, 0.2) is 0 Å². The van der Waals surface area contributed by atoms with Gasteiger partial charge in [-0.2, -0.15) is 0 Å². The summed E-state index contributed by atoms with van der Waals surface area (Å²) in [7, 11) is 0. The Bertz CT molecular complexity index is 840. The predicted molar refractivity (Wildman–Crippen MR) is 88.3 cm³/mol. The number of H-pyrrole nitrogens is 1. The van der Waals surface area contributed by atoms with Gasteiger partial charge in [-0.3, -0.25) is 14.3 Å². The third-order valence-corrected chi connectivity index (χ3v) is 3.94. The lowest BCUT2D eigenvalue weighted by molar-refractivity contribution is -0.0459. The van der Waals surface area contributed by atoms with E-state index >= 15 is 0 Å². The van der Waals surface area contributed by atoms with E-state index in [0.717, 1.165) is 5.56 Å². The maximum atomic E-state index is 12.0. The van der Waals surface area contributed by atoms with Crippen LogP contribution in [0.2, 0.25) is 0 Å². The van der Waals surface area contributed by atoms with E-state index < -0.39 is 29.7 Å². The van der Waals surface area contributed by atoms with E-state index in [0.29, 0.717) is 5.56 Å². The molecule has 1 aliphatic heterocycles. The van der Waals surface area contributed by atoms with Crippen molar-refractivity contribution in [2.45, 2.75) is 24.9 Å². The van der Waals surface area contributed by atoms with Gasteiger partial charge in [-0.05, 0) is 11.6 Å². The molecule has 24 heavy (non-hydrogen) atoms.